The van der Waals surface area contributed by atoms with Crippen LogP contribution in [-0.2, 0) is 11.2 Å². The molecule has 10 heteroatoms. The molecule has 4 rings (SSSR count). The maximum Gasteiger partial charge on any atom is 0.338 e. The Balaban J connectivity index is 1.44. The average Bonchev–Trinajstić information content (AvgIpc) is 2.92. The van der Waals surface area contributed by atoms with Crippen molar-refractivity contribution >= 4 is 52.9 Å². The molecule has 8 nitrogen and oxygen atoms in total. The molecule has 0 saturated carbocycles. The van der Waals surface area contributed by atoms with Crippen LogP contribution in [0.5, 0.6) is 23.0 Å². The van der Waals surface area contributed by atoms with Gasteiger partial charge in [0.25, 0.3) is 0 Å². The third-order valence-electron chi connectivity index (χ3n) is 5.75. The number of ether oxygens (including phenoxy) is 3. The largest absolute Gasteiger partial charge is 0.493 e. The molecular weight excluding hydrogens is 526 g/mol. The number of methoxy groups -OCH3 is 2. The molecule has 0 saturated heterocycles. The lowest BCUT2D eigenvalue weighted by molar-refractivity contribution is -0.119. The quantitative estimate of drug-likeness (QED) is 0.242. The first-order valence-corrected chi connectivity index (χ1v) is 12.4. The number of hydrogen-bond donors (Lipinski definition) is 2. The van der Waals surface area contributed by atoms with Crippen LogP contribution in [0.1, 0.15) is 17.5 Å². The number of fused-ring (bicyclic) bond motifs is 1. The number of carbonyl (C=O) groups excluding carboxylic acids is 2. The van der Waals surface area contributed by atoms with Crippen LogP contribution in [0.25, 0.3) is 10.9 Å². The van der Waals surface area contributed by atoms with Gasteiger partial charge in [-0.1, -0.05) is 54.2 Å². The summed E-state index contributed by atoms with van der Waals surface area (Å²) in [4.78, 5) is 29.3. The van der Waals surface area contributed by atoms with Gasteiger partial charge in [0.05, 0.1) is 30.4 Å². The smallest absolute Gasteiger partial charge is 0.338 e. The number of aromatic nitrogens is 1. The molecule has 0 spiro atoms. The van der Waals surface area contributed by atoms with Crippen molar-refractivity contribution in [2.75, 3.05) is 18.5 Å². The van der Waals surface area contributed by atoms with Crippen LogP contribution < -0.4 is 23.8 Å². The van der Waals surface area contributed by atoms with E-state index in [0.29, 0.717) is 46.0 Å². The predicted octanol–water partition coefficient (Wildman–Crippen LogP) is 6.53. The highest BCUT2D eigenvalue weighted by molar-refractivity contribution is 7.82. The lowest BCUT2D eigenvalue weighted by Crippen LogP contribution is -2.38. The van der Waals surface area contributed by atoms with Gasteiger partial charge in [-0.05, 0) is 49.2 Å². The fourth-order valence-corrected chi connectivity index (χ4v) is 4.22. The van der Waals surface area contributed by atoms with Crippen molar-refractivity contribution in [3.05, 3.63) is 83.0 Å². The van der Waals surface area contributed by atoms with Gasteiger partial charge in [0.2, 0.25) is 5.91 Å². The van der Waals surface area contributed by atoms with E-state index in [-0.39, 0.29) is 11.4 Å². The van der Waals surface area contributed by atoms with Crippen molar-refractivity contribution in [3.63, 3.8) is 0 Å². The summed E-state index contributed by atoms with van der Waals surface area (Å²) in [6, 6.07) is 17.2. The van der Waals surface area contributed by atoms with E-state index in [1.807, 2.05) is 31.2 Å². The Labute approximate surface area is 231 Å². The normalized spacial score (nSPS) is 10.7. The molecule has 0 aliphatic carbocycles. The van der Waals surface area contributed by atoms with Crippen LogP contribution in [0.2, 0.25) is 5.02 Å². The fraction of sp³-hybridized carbons (Fsp3) is 0.179. The molecule has 1 heterocycles. The van der Waals surface area contributed by atoms with Gasteiger partial charge < -0.3 is 14.2 Å². The number of urea groups is 1. The van der Waals surface area contributed by atoms with Crippen LogP contribution in [-0.4, -0.2) is 31.1 Å². The maximum absolute atomic E-state index is 12.6. The number of nitrogens with one attached hydrogen (secondary N) is 1. The first-order chi connectivity index (χ1) is 18.3. The third-order valence-corrected chi connectivity index (χ3v) is 6.46. The number of amides is 3. The summed E-state index contributed by atoms with van der Waals surface area (Å²) in [5, 5.41) is 3.29. The summed E-state index contributed by atoms with van der Waals surface area (Å²) < 4.78 is 17.8. The van der Waals surface area contributed by atoms with Crippen molar-refractivity contribution in [1.29, 1.82) is 0 Å². The molecule has 0 aliphatic rings. The van der Waals surface area contributed by atoms with E-state index in [1.165, 1.54) is 6.07 Å². The third kappa shape index (κ3) is 6.30. The molecule has 0 atom stereocenters. The minimum Gasteiger partial charge on any atom is -0.493 e. The van der Waals surface area contributed by atoms with Crippen molar-refractivity contribution in [3.8, 4) is 23.0 Å². The minimum atomic E-state index is -0.687. The second kappa shape index (κ2) is 12.1. The van der Waals surface area contributed by atoms with E-state index in [1.54, 1.807) is 50.7 Å². The fourth-order valence-electron chi connectivity index (χ4n) is 3.84. The van der Waals surface area contributed by atoms with Gasteiger partial charge in [0.1, 0.15) is 11.5 Å². The zero-order valence-electron chi connectivity index (χ0n) is 21.0. The van der Waals surface area contributed by atoms with Gasteiger partial charge in [-0.15, -0.1) is 0 Å². The molecule has 4 aromatic rings. The van der Waals surface area contributed by atoms with Gasteiger partial charge in [0, 0.05) is 24.1 Å². The summed E-state index contributed by atoms with van der Waals surface area (Å²) in [6.07, 6.45) is 2.30. The van der Waals surface area contributed by atoms with Crippen molar-refractivity contribution in [1.82, 2.24) is 10.3 Å². The summed E-state index contributed by atoms with van der Waals surface area (Å²) in [6.45, 7) is 1.99. The Morgan fingerprint density at radius 2 is 1.74 bits per heavy atom. The molecule has 0 radical (unpaired) electrons. The number of rotatable bonds is 8. The lowest BCUT2D eigenvalue weighted by Gasteiger charge is -2.18. The second-order valence-corrected chi connectivity index (χ2v) is 9.21. The zero-order chi connectivity index (χ0) is 27.2. The molecule has 3 aromatic carbocycles. The van der Waals surface area contributed by atoms with Gasteiger partial charge in [0.15, 0.2) is 11.5 Å². The SMILES string of the molecule is COc1cc2nccc(Oc3ccc(N(S)C(=O)NC(=O)CCc4cccc(C)c4)cc3Cl)c2cc1OC. The molecule has 3 amide bonds. The average molecular weight is 552 g/mol. The number of halogens is 1. The number of benzene rings is 3. The van der Waals surface area contributed by atoms with Gasteiger partial charge in [-0.2, -0.15) is 0 Å². The number of hydrogen-bond acceptors (Lipinski definition) is 7. The minimum absolute atomic E-state index is 0.168. The summed E-state index contributed by atoms with van der Waals surface area (Å²) in [5.74, 6) is 1.54. The van der Waals surface area contributed by atoms with Crippen molar-refractivity contribution in [2.24, 2.45) is 0 Å². The Bertz CT molecular complexity index is 1500. The highest BCUT2D eigenvalue weighted by Gasteiger charge is 2.18. The van der Waals surface area contributed by atoms with Crippen LogP contribution in [0.15, 0.2) is 66.9 Å². The summed E-state index contributed by atoms with van der Waals surface area (Å²) in [5.41, 5.74) is 3.15. The molecule has 0 aliphatic heterocycles. The Hall–Kier alpha value is -3.95. The second-order valence-electron chi connectivity index (χ2n) is 8.40. The number of aryl methyl sites for hydroxylation is 2. The number of carbonyl (C=O) groups is 2. The lowest BCUT2D eigenvalue weighted by atomic mass is 10.1. The monoisotopic (exact) mass is 551 g/mol. The molecule has 1 N–H and O–H groups in total. The van der Waals surface area contributed by atoms with Crippen LogP contribution in [0.3, 0.4) is 0 Å². The number of anilines is 1. The molecule has 0 unspecified atom stereocenters. The highest BCUT2D eigenvalue weighted by Crippen LogP contribution is 2.39. The van der Waals surface area contributed by atoms with E-state index in [0.717, 1.165) is 15.4 Å². The highest BCUT2D eigenvalue weighted by atomic mass is 35.5. The van der Waals surface area contributed by atoms with Gasteiger partial charge in [-0.25, -0.2) is 9.10 Å². The van der Waals surface area contributed by atoms with Crippen LogP contribution in [0, 0.1) is 6.92 Å². The first kappa shape index (κ1) is 27.1. The predicted molar refractivity (Wildman–Crippen MR) is 151 cm³/mol. The standard InChI is InChI=1S/C28H26ClN3O5S/c1-17-5-4-6-18(13-17)7-10-27(33)31-28(34)32(38)19-8-9-24(21(29)14-19)37-23-11-12-30-22-16-26(36-3)25(35-2)15-20(22)23/h4-6,8-9,11-16,38H,7,10H2,1-3H3,(H,31,33,34). The van der Waals surface area contributed by atoms with E-state index >= 15 is 0 Å². The molecule has 0 fully saturated rings. The Morgan fingerprint density at radius 1 is 0.974 bits per heavy atom. The van der Waals surface area contributed by atoms with Gasteiger partial charge >= 0.3 is 6.03 Å². The van der Waals surface area contributed by atoms with Crippen LogP contribution in [0.4, 0.5) is 10.5 Å². The molecule has 0 bridgehead atoms. The van der Waals surface area contributed by atoms with Gasteiger partial charge in [-0.3, -0.25) is 15.1 Å². The Morgan fingerprint density at radius 3 is 2.45 bits per heavy atom. The van der Waals surface area contributed by atoms with E-state index < -0.39 is 11.9 Å². The maximum atomic E-state index is 12.6. The first-order valence-electron chi connectivity index (χ1n) is 11.7. The molecule has 1 aromatic heterocycles. The number of thiol groups is 1. The number of pyridine rings is 1. The number of nitrogens with zero attached hydrogens (tertiary/aromatic N) is 2. The van der Waals surface area contributed by atoms with E-state index in [4.69, 9.17) is 25.8 Å². The van der Waals surface area contributed by atoms with E-state index in [9.17, 15) is 9.59 Å². The van der Waals surface area contributed by atoms with Crippen molar-refractivity contribution < 1.29 is 23.8 Å². The zero-order valence-corrected chi connectivity index (χ0v) is 22.7. The van der Waals surface area contributed by atoms with E-state index in [2.05, 4.69) is 23.1 Å². The summed E-state index contributed by atoms with van der Waals surface area (Å²) >= 11 is 10.7. The molecule has 38 heavy (non-hydrogen) atoms. The molecule has 196 valence electrons. The van der Waals surface area contributed by atoms with Crippen molar-refractivity contribution in [2.45, 2.75) is 19.8 Å². The Kier molecular flexibility index (Phi) is 8.60. The topological polar surface area (TPSA) is 90.0 Å². The summed E-state index contributed by atoms with van der Waals surface area (Å²) in [7, 11) is 3.10. The molecular formula is C28H26ClN3O5S. The number of imide groups is 1. The van der Waals surface area contributed by atoms with Crippen LogP contribution >= 0.6 is 24.4 Å².